The molecule has 0 radical (unpaired) electrons. The Morgan fingerprint density at radius 2 is 2.10 bits per heavy atom. The molecule has 0 aliphatic heterocycles. The highest BCUT2D eigenvalue weighted by Crippen LogP contribution is 2.12. The molecule has 6 heteroatoms. The third-order valence-corrected chi connectivity index (χ3v) is 3.37. The van der Waals surface area contributed by atoms with Gasteiger partial charge in [0.1, 0.15) is 12.1 Å². The number of hydrogen-bond acceptors (Lipinski definition) is 4. The summed E-state index contributed by atoms with van der Waals surface area (Å²) in [4.78, 5) is 17.8. The summed E-state index contributed by atoms with van der Waals surface area (Å²) in [7, 11) is 3.96. The van der Waals surface area contributed by atoms with Gasteiger partial charge in [-0.3, -0.25) is 4.57 Å². The molecule has 2 aromatic rings. The maximum Gasteiger partial charge on any atom is 0.326 e. The maximum absolute atomic E-state index is 11.9. The van der Waals surface area contributed by atoms with Gasteiger partial charge in [-0.25, -0.2) is 9.78 Å². The molecule has 0 aliphatic rings. The van der Waals surface area contributed by atoms with E-state index in [1.54, 1.807) is 24.5 Å². The molecule has 2 rings (SSSR count). The molecule has 2 N–H and O–H groups in total. The summed E-state index contributed by atoms with van der Waals surface area (Å²) in [5.74, 6) is 0.258. The highest BCUT2D eigenvalue weighted by Gasteiger charge is 2.14. The summed E-state index contributed by atoms with van der Waals surface area (Å²) in [6.07, 6.45) is 5.44. The number of nitrogens with one attached hydrogen (secondary N) is 1. The van der Waals surface area contributed by atoms with Crippen LogP contribution in [0.5, 0.6) is 5.75 Å². The smallest absolute Gasteiger partial charge is 0.326 e. The molecule has 1 aromatic heterocycles. The quantitative estimate of drug-likeness (QED) is 0.870. The lowest BCUT2D eigenvalue weighted by molar-refractivity contribution is 0.233. The molecule has 0 saturated carbocycles. The third kappa shape index (κ3) is 4.32. The fourth-order valence-corrected chi connectivity index (χ4v) is 2.02. The predicted octanol–water partition coefficient (Wildman–Crippen LogP) is 1.32. The SMILES string of the molecule is CN(C)C(CNC(=O)n1ccnc1)Cc1ccc(O)cc1. The average Bonchev–Trinajstić information content (AvgIpc) is 2.99. The van der Waals surface area contributed by atoms with Crippen molar-refractivity contribution in [1.29, 1.82) is 0 Å². The third-order valence-electron chi connectivity index (χ3n) is 3.37. The minimum Gasteiger partial charge on any atom is -0.508 e. The topological polar surface area (TPSA) is 70.4 Å². The van der Waals surface area contributed by atoms with Crippen LogP contribution in [-0.2, 0) is 6.42 Å². The Kier molecular flexibility index (Phi) is 4.94. The molecule has 1 unspecified atom stereocenters. The predicted molar refractivity (Wildman–Crippen MR) is 80.3 cm³/mol. The molecule has 1 amide bonds. The number of aromatic nitrogens is 2. The van der Waals surface area contributed by atoms with Gasteiger partial charge in [0.15, 0.2) is 0 Å². The van der Waals surface area contributed by atoms with Crippen LogP contribution in [-0.4, -0.2) is 52.3 Å². The Labute approximate surface area is 124 Å². The number of carbonyl (C=O) groups excluding carboxylic acids is 1. The van der Waals surface area contributed by atoms with E-state index in [-0.39, 0.29) is 17.8 Å². The molecule has 0 fully saturated rings. The first-order valence-electron chi connectivity index (χ1n) is 6.77. The van der Waals surface area contributed by atoms with Gasteiger partial charge in [-0.15, -0.1) is 0 Å². The molecule has 1 atom stereocenters. The van der Waals surface area contributed by atoms with Gasteiger partial charge in [0.25, 0.3) is 0 Å². The van der Waals surface area contributed by atoms with Gasteiger partial charge in [-0.2, -0.15) is 0 Å². The van der Waals surface area contributed by atoms with Crippen molar-refractivity contribution in [2.75, 3.05) is 20.6 Å². The summed E-state index contributed by atoms with van der Waals surface area (Å²) < 4.78 is 1.41. The average molecular weight is 288 g/mol. The van der Waals surface area contributed by atoms with E-state index in [0.29, 0.717) is 6.54 Å². The Balaban J connectivity index is 1.93. The normalized spacial score (nSPS) is 12.3. The lowest BCUT2D eigenvalue weighted by Crippen LogP contribution is -2.42. The van der Waals surface area contributed by atoms with Crippen LogP contribution in [0.15, 0.2) is 43.0 Å². The Morgan fingerprint density at radius 3 is 2.67 bits per heavy atom. The van der Waals surface area contributed by atoms with E-state index in [2.05, 4.69) is 15.2 Å². The van der Waals surface area contributed by atoms with Crippen molar-refractivity contribution >= 4 is 6.03 Å². The minimum absolute atomic E-state index is 0.169. The summed E-state index contributed by atoms with van der Waals surface area (Å²) in [5.41, 5.74) is 1.11. The van der Waals surface area contributed by atoms with Crippen LogP contribution in [0.2, 0.25) is 0 Å². The number of phenolic OH excluding ortho intramolecular Hbond substituents is 1. The van der Waals surface area contributed by atoms with Crippen LogP contribution >= 0.6 is 0 Å². The van der Waals surface area contributed by atoms with Crippen LogP contribution in [0.25, 0.3) is 0 Å². The lowest BCUT2D eigenvalue weighted by atomic mass is 10.1. The van der Waals surface area contributed by atoms with Crippen molar-refractivity contribution in [1.82, 2.24) is 19.8 Å². The molecule has 6 nitrogen and oxygen atoms in total. The number of hydrogen-bond donors (Lipinski definition) is 2. The number of phenols is 1. The van der Waals surface area contributed by atoms with E-state index in [0.717, 1.165) is 12.0 Å². The van der Waals surface area contributed by atoms with Crippen molar-refractivity contribution in [3.63, 3.8) is 0 Å². The largest absolute Gasteiger partial charge is 0.508 e. The molecule has 0 aliphatic carbocycles. The van der Waals surface area contributed by atoms with Crippen molar-refractivity contribution in [3.05, 3.63) is 48.5 Å². The summed E-state index contributed by atoms with van der Waals surface area (Å²) in [6, 6.07) is 7.11. The van der Waals surface area contributed by atoms with Gasteiger partial charge < -0.3 is 15.3 Å². The second-order valence-electron chi connectivity index (χ2n) is 5.14. The van der Waals surface area contributed by atoms with Crippen LogP contribution in [0, 0.1) is 0 Å². The second kappa shape index (κ2) is 6.90. The van der Waals surface area contributed by atoms with Crippen LogP contribution in [0.3, 0.4) is 0 Å². The first-order valence-corrected chi connectivity index (χ1v) is 6.77. The molecular formula is C15H20N4O2. The number of amides is 1. The Hall–Kier alpha value is -2.34. The van der Waals surface area contributed by atoms with E-state index in [1.165, 1.54) is 10.9 Å². The molecule has 1 heterocycles. The van der Waals surface area contributed by atoms with Crippen molar-refractivity contribution < 1.29 is 9.90 Å². The summed E-state index contributed by atoms with van der Waals surface area (Å²) in [5, 5.41) is 12.2. The highest BCUT2D eigenvalue weighted by molar-refractivity contribution is 5.76. The Bertz CT molecular complexity index is 564. The second-order valence-corrected chi connectivity index (χ2v) is 5.14. The zero-order valence-corrected chi connectivity index (χ0v) is 12.2. The molecule has 0 bridgehead atoms. The maximum atomic E-state index is 11.9. The number of nitrogens with zero attached hydrogens (tertiary/aromatic N) is 3. The molecule has 21 heavy (non-hydrogen) atoms. The Morgan fingerprint density at radius 1 is 1.38 bits per heavy atom. The van der Waals surface area contributed by atoms with Crippen molar-refractivity contribution in [3.8, 4) is 5.75 Å². The van der Waals surface area contributed by atoms with Gasteiger partial charge in [-0.05, 0) is 38.2 Å². The molecule has 0 saturated heterocycles. The molecule has 0 spiro atoms. The van der Waals surface area contributed by atoms with Crippen LogP contribution in [0.1, 0.15) is 5.56 Å². The highest BCUT2D eigenvalue weighted by atomic mass is 16.3. The van der Waals surface area contributed by atoms with E-state index in [1.807, 2.05) is 26.2 Å². The van der Waals surface area contributed by atoms with Gasteiger partial charge in [-0.1, -0.05) is 12.1 Å². The standard InChI is InChI=1S/C15H20N4O2/c1-18(2)13(9-12-3-5-14(20)6-4-12)10-17-15(21)19-8-7-16-11-19/h3-8,11,13,20H,9-10H2,1-2H3,(H,17,21). The van der Waals surface area contributed by atoms with E-state index in [9.17, 15) is 9.90 Å². The van der Waals surface area contributed by atoms with Crippen molar-refractivity contribution in [2.45, 2.75) is 12.5 Å². The zero-order chi connectivity index (χ0) is 15.2. The number of imidazole rings is 1. The van der Waals surface area contributed by atoms with E-state index in [4.69, 9.17) is 0 Å². The van der Waals surface area contributed by atoms with E-state index < -0.39 is 0 Å². The first-order chi connectivity index (χ1) is 10.1. The van der Waals surface area contributed by atoms with E-state index >= 15 is 0 Å². The monoisotopic (exact) mass is 288 g/mol. The number of carbonyl (C=O) groups is 1. The first kappa shape index (κ1) is 15.1. The van der Waals surface area contributed by atoms with Gasteiger partial charge in [0.2, 0.25) is 0 Å². The molecule has 1 aromatic carbocycles. The fraction of sp³-hybridized carbons (Fsp3) is 0.333. The number of benzene rings is 1. The van der Waals surface area contributed by atoms with Gasteiger partial charge in [0, 0.05) is 25.0 Å². The lowest BCUT2D eigenvalue weighted by Gasteiger charge is -2.24. The van der Waals surface area contributed by atoms with Crippen LogP contribution < -0.4 is 5.32 Å². The van der Waals surface area contributed by atoms with Crippen LogP contribution in [0.4, 0.5) is 4.79 Å². The van der Waals surface area contributed by atoms with Crippen molar-refractivity contribution in [2.24, 2.45) is 0 Å². The molecule has 112 valence electrons. The fourth-order valence-electron chi connectivity index (χ4n) is 2.02. The van der Waals surface area contributed by atoms with Gasteiger partial charge >= 0.3 is 6.03 Å². The number of aromatic hydroxyl groups is 1. The van der Waals surface area contributed by atoms with Gasteiger partial charge in [0.05, 0.1) is 0 Å². The number of rotatable bonds is 5. The minimum atomic E-state index is -0.190. The number of likely N-dealkylation sites (N-methyl/N-ethyl adjacent to an activating group) is 1. The molecular weight excluding hydrogens is 268 g/mol. The summed E-state index contributed by atoms with van der Waals surface area (Å²) >= 11 is 0. The zero-order valence-electron chi connectivity index (χ0n) is 12.2. The summed E-state index contributed by atoms with van der Waals surface area (Å²) in [6.45, 7) is 0.533.